The molecule has 3 nitrogen and oxygen atoms in total. The van der Waals surface area contributed by atoms with Gasteiger partial charge in [0.15, 0.2) is 0 Å². The topological polar surface area (TPSA) is 24.5 Å². The molecule has 2 rings (SSSR count). The van der Waals surface area contributed by atoms with Gasteiger partial charge in [0.1, 0.15) is 0 Å². The van der Waals surface area contributed by atoms with Gasteiger partial charge >= 0.3 is 0 Å². The number of halogens is 1. The number of nitrogens with one attached hydrogen (secondary N) is 1. The Morgan fingerprint density at radius 3 is 2.85 bits per heavy atom. The molecule has 112 valence electrons. The maximum atomic E-state index is 6.13. The number of hydrogen-bond acceptors (Lipinski definition) is 3. The van der Waals surface area contributed by atoms with Crippen molar-refractivity contribution in [3.05, 3.63) is 28.8 Å². The fourth-order valence-electron chi connectivity index (χ4n) is 2.63. The summed E-state index contributed by atoms with van der Waals surface area (Å²) in [5, 5.41) is 4.20. The van der Waals surface area contributed by atoms with E-state index in [1.165, 1.54) is 30.5 Å². The molecule has 0 unspecified atom stereocenters. The first-order valence-electron chi connectivity index (χ1n) is 7.40. The molecule has 0 heterocycles. The van der Waals surface area contributed by atoms with Crippen LogP contribution < -0.4 is 10.2 Å². The lowest BCUT2D eigenvalue weighted by atomic mass is 9.85. The number of ether oxygens (including phenoxy) is 1. The predicted molar refractivity (Wildman–Crippen MR) is 85.6 cm³/mol. The summed E-state index contributed by atoms with van der Waals surface area (Å²) in [6.07, 6.45) is 4.14. The summed E-state index contributed by atoms with van der Waals surface area (Å²) in [6, 6.07) is 6.18. The van der Waals surface area contributed by atoms with E-state index in [-0.39, 0.29) is 0 Å². The van der Waals surface area contributed by atoms with Gasteiger partial charge in [-0.2, -0.15) is 0 Å². The van der Waals surface area contributed by atoms with Gasteiger partial charge in [-0.15, -0.1) is 0 Å². The van der Waals surface area contributed by atoms with Gasteiger partial charge in [-0.3, -0.25) is 0 Å². The van der Waals surface area contributed by atoms with Crippen LogP contribution >= 0.6 is 11.6 Å². The second kappa shape index (κ2) is 7.87. The van der Waals surface area contributed by atoms with Crippen LogP contribution in [-0.2, 0) is 11.3 Å². The Hall–Kier alpha value is -0.770. The molecule has 0 aliphatic heterocycles. The summed E-state index contributed by atoms with van der Waals surface area (Å²) in [6.45, 7) is 3.56. The van der Waals surface area contributed by atoms with Crippen molar-refractivity contribution in [3.8, 4) is 0 Å². The van der Waals surface area contributed by atoms with Crippen molar-refractivity contribution >= 4 is 17.3 Å². The van der Waals surface area contributed by atoms with Gasteiger partial charge in [-0.1, -0.05) is 18.0 Å². The lowest BCUT2D eigenvalue weighted by Gasteiger charge is -2.32. The molecular weight excluding hydrogens is 272 g/mol. The van der Waals surface area contributed by atoms with E-state index in [0.29, 0.717) is 0 Å². The van der Waals surface area contributed by atoms with Gasteiger partial charge in [-0.25, -0.2) is 0 Å². The minimum absolute atomic E-state index is 0.730. The van der Waals surface area contributed by atoms with Crippen molar-refractivity contribution in [2.75, 3.05) is 38.8 Å². The molecule has 1 aliphatic carbocycles. The Morgan fingerprint density at radius 1 is 1.40 bits per heavy atom. The third-order valence-corrected chi connectivity index (χ3v) is 4.24. The van der Waals surface area contributed by atoms with Crippen molar-refractivity contribution in [1.82, 2.24) is 5.32 Å². The number of methoxy groups -OCH3 is 1. The molecule has 1 aromatic rings. The molecule has 20 heavy (non-hydrogen) atoms. The maximum absolute atomic E-state index is 6.13. The Labute approximate surface area is 127 Å². The van der Waals surface area contributed by atoms with E-state index in [1.54, 1.807) is 7.11 Å². The predicted octanol–water partition coefficient (Wildman–Crippen LogP) is 3.31. The van der Waals surface area contributed by atoms with Gasteiger partial charge in [0, 0.05) is 44.5 Å². The van der Waals surface area contributed by atoms with Gasteiger partial charge in [-0.05, 0) is 42.5 Å². The SMILES string of the molecule is COCCNCc1cc(Cl)ccc1N(C)CC1CCC1. The van der Waals surface area contributed by atoms with E-state index in [9.17, 15) is 0 Å². The molecule has 1 saturated carbocycles. The van der Waals surface area contributed by atoms with E-state index in [4.69, 9.17) is 16.3 Å². The quantitative estimate of drug-likeness (QED) is 0.745. The second-order valence-electron chi connectivity index (χ2n) is 5.62. The second-order valence-corrected chi connectivity index (χ2v) is 6.06. The van der Waals surface area contributed by atoms with Crippen molar-refractivity contribution in [2.24, 2.45) is 5.92 Å². The Morgan fingerprint density at radius 2 is 2.20 bits per heavy atom. The van der Waals surface area contributed by atoms with Gasteiger partial charge in [0.25, 0.3) is 0 Å². The average Bonchev–Trinajstić information content (AvgIpc) is 2.39. The minimum Gasteiger partial charge on any atom is -0.383 e. The Balaban J connectivity index is 1.98. The highest BCUT2D eigenvalue weighted by Gasteiger charge is 2.20. The number of hydrogen-bond donors (Lipinski definition) is 1. The molecule has 0 aromatic heterocycles. The smallest absolute Gasteiger partial charge is 0.0587 e. The molecule has 0 spiro atoms. The van der Waals surface area contributed by atoms with Gasteiger partial charge in [0.05, 0.1) is 6.61 Å². The molecule has 1 aromatic carbocycles. The first kappa shape index (κ1) is 15.6. The van der Waals surface area contributed by atoms with E-state index in [1.807, 2.05) is 6.07 Å². The summed E-state index contributed by atoms with van der Waals surface area (Å²) in [4.78, 5) is 2.37. The van der Waals surface area contributed by atoms with E-state index < -0.39 is 0 Å². The highest BCUT2D eigenvalue weighted by atomic mass is 35.5. The normalized spacial score (nSPS) is 15.2. The molecule has 1 N–H and O–H groups in total. The highest BCUT2D eigenvalue weighted by Crippen LogP contribution is 2.30. The average molecular weight is 297 g/mol. The van der Waals surface area contributed by atoms with Crippen LogP contribution in [0.5, 0.6) is 0 Å². The van der Waals surface area contributed by atoms with Crippen molar-refractivity contribution in [3.63, 3.8) is 0 Å². The molecular formula is C16H25ClN2O. The molecule has 0 saturated heterocycles. The molecule has 0 amide bonds. The third kappa shape index (κ3) is 4.37. The van der Waals surface area contributed by atoms with E-state index in [0.717, 1.165) is 37.2 Å². The Kier molecular flexibility index (Phi) is 6.14. The third-order valence-electron chi connectivity index (χ3n) is 4.01. The Bertz CT molecular complexity index is 421. The number of anilines is 1. The summed E-state index contributed by atoms with van der Waals surface area (Å²) in [5.41, 5.74) is 2.54. The fraction of sp³-hybridized carbons (Fsp3) is 0.625. The fourth-order valence-corrected chi connectivity index (χ4v) is 2.82. The van der Waals surface area contributed by atoms with Crippen LogP contribution in [0.15, 0.2) is 18.2 Å². The number of benzene rings is 1. The monoisotopic (exact) mass is 296 g/mol. The maximum Gasteiger partial charge on any atom is 0.0587 e. The number of rotatable bonds is 8. The zero-order chi connectivity index (χ0) is 14.4. The van der Waals surface area contributed by atoms with Crippen LogP contribution in [0, 0.1) is 5.92 Å². The van der Waals surface area contributed by atoms with E-state index >= 15 is 0 Å². The molecule has 1 fully saturated rings. The van der Waals surface area contributed by atoms with Crippen LogP contribution in [0.4, 0.5) is 5.69 Å². The zero-order valence-corrected chi connectivity index (χ0v) is 13.2. The van der Waals surface area contributed by atoms with Gasteiger partial charge < -0.3 is 15.0 Å². The van der Waals surface area contributed by atoms with Crippen LogP contribution in [-0.4, -0.2) is 33.9 Å². The minimum atomic E-state index is 0.730. The number of nitrogens with zero attached hydrogens (tertiary/aromatic N) is 1. The summed E-state index contributed by atoms with van der Waals surface area (Å²) < 4.78 is 5.06. The van der Waals surface area contributed by atoms with Crippen molar-refractivity contribution < 1.29 is 4.74 Å². The summed E-state index contributed by atoms with van der Waals surface area (Å²) in [7, 11) is 3.90. The lowest BCUT2D eigenvalue weighted by molar-refractivity contribution is 0.199. The van der Waals surface area contributed by atoms with Crippen LogP contribution in [0.1, 0.15) is 24.8 Å². The van der Waals surface area contributed by atoms with Gasteiger partial charge in [0.2, 0.25) is 0 Å². The standard InChI is InChI=1S/C16H25ClN2O/c1-19(12-13-4-3-5-13)16-7-6-15(17)10-14(16)11-18-8-9-20-2/h6-7,10,13,18H,3-5,8-9,11-12H2,1-2H3. The summed E-state index contributed by atoms with van der Waals surface area (Å²) >= 11 is 6.13. The first-order chi connectivity index (χ1) is 9.70. The van der Waals surface area contributed by atoms with E-state index in [2.05, 4.69) is 29.4 Å². The van der Waals surface area contributed by atoms with Crippen LogP contribution in [0.3, 0.4) is 0 Å². The van der Waals surface area contributed by atoms with Crippen LogP contribution in [0.25, 0.3) is 0 Å². The molecule has 0 bridgehead atoms. The largest absolute Gasteiger partial charge is 0.383 e. The molecule has 4 heteroatoms. The van der Waals surface area contributed by atoms with Crippen molar-refractivity contribution in [1.29, 1.82) is 0 Å². The first-order valence-corrected chi connectivity index (χ1v) is 7.77. The molecule has 0 atom stereocenters. The summed E-state index contributed by atoms with van der Waals surface area (Å²) in [5.74, 6) is 0.866. The van der Waals surface area contributed by atoms with Crippen molar-refractivity contribution in [2.45, 2.75) is 25.8 Å². The lowest BCUT2D eigenvalue weighted by Crippen LogP contribution is -2.30. The molecule has 0 radical (unpaired) electrons. The zero-order valence-electron chi connectivity index (χ0n) is 12.5. The van der Waals surface area contributed by atoms with Crippen LogP contribution in [0.2, 0.25) is 5.02 Å². The molecule has 1 aliphatic rings. The highest BCUT2D eigenvalue weighted by molar-refractivity contribution is 6.30.